The lowest BCUT2D eigenvalue weighted by molar-refractivity contribution is -0.136. The number of benzene rings is 1. The molecule has 7 heteroatoms. The molecule has 3 aliphatic rings. The second kappa shape index (κ2) is 7.05. The van der Waals surface area contributed by atoms with Gasteiger partial charge in [0.25, 0.3) is 5.91 Å². The van der Waals surface area contributed by atoms with Crippen LogP contribution in [0.3, 0.4) is 0 Å². The first-order valence-corrected chi connectivity index (χ1v) is 9.67. The van der Waals surface area contributed by atoms with Crippen LogP contribution in [0.25, 0.3) is 0 Å². The molecule has 0 radical (unpaired) electrons. The first-order chi connectivity index (χ1) is 12.9. The highest BCUT2D eigenvalue weighted by molar-refractivity contribution is 6.05. The van der Waals surface area contributed by atoms with Crippen LogP contribution in [-0.4, -0.2) is 58.7 Å². The molecule has 3 heterocycles. The molecule has 3 amide bonds. The molecule has 2 saturated heterocycles. The summed E-state index contributed by atoms with van der Waals surface area (Å²) in [5.41, 5.74) is 2.73. The monoisotopic (exact) mass is 370 g/mol. The predicted octanol–water partition coefficient (Wildman–Crippen LogP) is 0.630. The van der Waals surface area contributed by atoms with E-state index in [1.165, 1.54) is 0 Å². The van der Waals surface area contributed by atoms with Crippen LogP contribution in [0.4, 0.5) is 0 Å². The SMILES string of the molecule is CC1CN(Cc2cccc3c2C(=O)N(C2CCC(=O)NC2=O)C3)C(C)CN1. The van der Waals surface area contributed by atoms with Crippen LogP contribution in [0, 0.1) is 0 Å². The number of fused-ring (bicyclic) bond motifs is 1. The van der Waals surface area contributed by atoms with Crippen LogP contribution in [0.5, 0.6) is 0 Å². The van der Waals surface area contributed by atoms with Crippen molar-refractivity contribution < 1.29 is 14.4 Å². The molecule has 2 fully saturated rings. The average Bonchev–Trinajstić information content (AvgIpc) is 2.96. The minimum absolute atomic E-state index is 0.0917. The summed E-state index contributed by atoms with van der Waals surface area (Å²) in [7, 11) is 0. The maximum Gasteiger partial charge on any atom is 0.255 e. The molecule has 27 heavy (non-hydrogen) atoms. The molecule has 1 aromatic carbocycles. The summed E-state index contributed by atoms with van der Waals surface area (Å²) in [5.74, 6) is -0.715. The van der Waals surface area contributed by atoms with Gasteiger partial charge in [0.1, 0.15) is 6.04 Å². The second-order valence-corrected chi connectivity index (χ2v) is 7.94. The van der Waals surface area contributed by atoms with E-state index in [-0.39, 0.29) is 24.1 Å². The first-order valence-electron chi connectivity index (χ1n) is 9.67. The van der Waals surface area contributed by atoms with Crippen molar-refractivity contribution in [3.8, 4) is 0 Å². The van der Waals surface area contributed by atoms with Gasteiger partial charge in [-0.3, -0.25) is 24.6 Å². The zero-order valence-corrected chi connectivity index (χ0v) is 15.8. The van der Waals surface area contributed by atoms with E-state index in [4.69, 9.17) is 0 Å². The van der Waals surface area contributed by atoms with Gasteiger partial charge in [-0.05, 0) is 31.4 Å². The Kier molecular flexibility index (Phi) is 4.74. The van der Waals surface area contributed by atoms with Gasteiger partial charge in [-0.25, -0.2) is 0 Å². The Bertz CT molecular complexity index is 793. The fourth-order valence-corrected chi connectivity index (χ4v) is 4.36. The van der Waals surface area contributed by atoms with Gasteiger partial charge in [-0.15, -0.1) is 0 Å². The molecule has 0 aromatic heterocycles. The maximum absolute atomic E-state index is 13.2. The molecular weight excluding hydrogens is 344 g/mol. The number of carbonyl (C=O) groups excluding carboxylic acids is 3. The van der Waals surface area contributed by atoms with Crippen molar-refractivity contribution in [1.82, 2.24) is 20.4 Å². The Morgan fingerprint density at radius 3 is 2.78 bits per heavy atom. The Labute approximate surface area is 159 Å². The summed E-state index contributed by atoms with van der Waals surface area (Å²) in [6.07, 6.45) is 0.672. The lowest BCUT2D eigenvalue weighted by Crippen LogP contribution is -2.54. The zero-order valence-electron chi connectivity index (χ0n) is 15.8. The Morgan fingerprint density at radius 1 is 1.19 bits per heavy atom. The van der Waals surface area contributed by atoms with Crippen molar-refractivity contribution in [2.75, 3.05) is 13.1 Å². The van der Waals surface area contributed by atoms with Crippen molar-refractivity contribution in [2.24, 2.45) is 0 Å². The molecule has 7 nitrogen and oxygen atoms in total. The van der Waals surface area contributed by atoms with Crippen molar-refractivity contribution >= 4 is 17.7 Å². The predicted molar refractivity (Wildman–Crippen MR) is 99.8 cm³/mol. The number of nitrogens with one attached hydrogen (secondary N) is 2. The van der Waals surface area contributed by atoms with Gasteiger partial charge in [0, 0.05) is 50.2 Å². The zero-order chi connectivity index (χ0) is 19.1. The van der Waals surface area contributed by atoms with Crippen LogP contribution in [0.15, 0.2) is 18.2 Å². The van der Waals surface area contributed by atoms with Crippen molar-refractivity contribution in [3.05, 3.63) is 34.9 Å². The minimum Gasteiger partial charge on any atom is -0.322 e. The van der Waals surface area contributed by atoms with Crippen LogP contribution >= 0.6 is 0 Å². The van der Waals surface area contributed by atoms with E-state index < -0.39 is 6.04 Å². The number of nitrogens with zero attached hydrogens (tertiary/aromatic N) is 2. The topological polar surface area (TPSA) is 81.8 Å². The van der Waals surface area contributed by atoms with Gasteiger partial charge in [0.05, 0.1) is 0 Å². The fourth-order valence-electron chi connectivity index (χ4n) is 4.36. The molecule has 0 spiro atoms. The van der Waals surface area contributed by atoms with Gasteiger partial charge in [-0.1, -0.05) is 18.2 Å². The van der Waals surface area contributed by atoms with E-state index in [2.05, 4.69) is 29.4 Å². The van der Waals surface area contributed by atoms with Crippen LogP contribution in [0.2, 0.25) is 0 Å². The number of piperazine rings is 1. The fraction of sp³-hybridized carbons (Fsp3) is 0.550. The van der Waals surface area contributed by atoms with Gasteiger partial charge < -0.3 is 10.2 Å². The second-order valence-electron chi connectivity index (χ2n) is 7.94. The summed E-state index contributed by atoms with van der Waals surface area (Å²) in [5, 5.41) is 5.84. The number of amides is 3. The molecule has 0 saturated carbocycles. The number of rotatable bonds is 3. The van der Waals surface area contributed by atoms with Crippen molar-refractivity contribution in [1.29, 1.82) is 0 Å². The highest BCUT2D eigenvalue weighted by Gasteiger charge is 2.40. The summed E-state index contributed by atoms with van der Waals surface area (Å²) >= 11 is 0. The van der Waals surface area contributed by atoms with Gasteiger partial charge in [0.2, 0.25) is 11.8 Å². The molecule has 3 atom stereocenters. The minimum atomic E-state index is -0.561. The Morgan fingerprint density at radius 2 is 2.00 bits per heavy atom. The number of imide groups is 1. The third-order valence-corrected chi connectivity index (χ3v) is 5.91. The van der Waals surface area contributed by atoms with E-state index in [0.717, 1.165) is 36.3 Å². The summed E-state index contributed by atoms with van der Waals surface area (Å²) in [6.45, 7) is 7.40. The molecule has 4 rings (SSSR count). The van der Waals surface area contributed by atoms with Gasteiger partial charge in [-0.2, -0.15) is 0 Å². The third kappa shape index (κ3) is 3.37. The molecule has 2 N–H and O–H groups in total. The molecule has 3 unspecified atom stereocenters. The van der Waals surface area contributed by atoms with Gasteiger partial charge >= 0.3 is 0 Å². The number of carbonyl (C=O) groups is 3. The smallest absolute Gasteiger partial charge is 0.255 e. The molecule has 0 bridgehead atoms. The lowest BCUT2D eigenvalue weighted by atomic mass is 10.0. The van der Waals surface area contributed by atoms with E-state index in [9.17, 15) is 14.4 Å². The number of hydrogen-bond acceptors (Lipinski definition) is 5. The van der Waals surface area contributed by atoms with Crippen LogP contribution < -0.4 is 10.6 Å². The molecule has 1 aromatic rings. The van der Waals surface area contributed by atoms with Gasteiger partial charge in [0.15, 0.2) is 0 Å². The van der Waals surface area contributed by atoms with E-state index in [1.54, 1.807) is 4.90 Å². The van der Waals surface area contributed by atoms with Crippen molar-refractivity contribution in [3.63, 3.8) is 0 Å². The number of hydrogen-bond donors (Lipinski definition) is 2. The Balaban J connectivity index is 1.56. The summed E-state index contributed by atoms with van der Waals surface area (Å²) in [4.78, 5) is 40.8. The largest absolute Gasteiger partial charge is 0.322 e. The molecular formula is C20H26N4O3. The van der Waals surface area contributed by atoms with Crippen molar-refractivity contribution in [2.45, 2.75) is 57.9 Å². The number of piperidine rings is 1. The van der Waals surface area contributed by atoms with Crippen LogP contribution in [0.1, 0.15) is 48.2 Å². The first kappa shape index (κ1) is 18.1. The summed E-state index contributed by atoms with van der Waals surface area (Å²) < 4.78 is 0. The van der Waals surface area contributed by atoms with Crippen LogP contribution in [-0.2, 0) is 22.7 Å². The standard InChI is InChI=1S/C20H26N4O3/c1-12-9-23(13(2)8-21-12)10-14-4-3-5-15-11-24(20(27)18(14)15)16-6-7-17(25)22-19(16)26/h3-5,12-13,16,21H,6-11H2,1-2H3,(H,22,25,26). The molecule has 0 aliphatic carbocycles. The lowest BCUT2D eigenvalue weighted by Gasteiger charge is -2.37. The third-order valence-electron chi connectivity index (χ3n) is 5.91. The quantitative estimate of drug-likeness (QED) is 0.763. The highest BCUT2D eigenvalue weighted by atomic mass is 16.2. The Hall–Kier alpha value is -2.25. The van der Waals surface area contributed by atoms with E-state index in [1.807, 2.05) is 18.2 Å². The van der Waals surface area contributed by atoms with E-state index in [0.29, 0.717) is 25.0 Å². The molecule has 3 aliphatic heterocycles. The highest BCUT2D eigenvalue weighted by Crippen LogP contribution is 2.30. The summed E-state index contributed by atoms with van der Waals surface area (Å²) in [6, 6.07) is 6.24. The maximum atomic E-state index is 13.2. The average molecular weight is 370 g/mol. The normalized spacial score (nSPS) is 29.0. The van der Waals surface area contributed by atoms with E-state index >= 15 is 0 Å². The molecule has 144 valence electrons.